The zero-order valence-corrected chi connectivity index (χ0v) is 7.62. The number of aromatic nitrogens is 1. The van der Waals surface area contributed by atoms with Crippen molar-refractivity contribution in [2.75, 3.05) is 0 Å². The molecule has 1 aromatic rings. The van der Waals surface area contributed by atoms with Crippen LogP contribution >= 0.6 is 0 Å². The highest BCUT2D eigenvalue weighted by Crippen LogP contribution is 2.19. The highest BCUT2D eigenvalue weighted by Gasteiger charge is 2.08. The number of aliphatic hydroxyl groups is 1. The molecule has 0 fully saturated rings. The number of rotatable bonds is 3. The predicted octanol–water partition coefficient (Wildman–Crippen LogP) is 2.09. The second-order valence-electron chi connectivity index (χ2n) is 2.85. The van der Waals surface area contributed by atoms with E-state index in [0.29, 0.717) is 0 Å². The summed E-state index contributed by atoms with van der Waals surface area (Å²) < 4.78 is 0. The Hall–Kier alpha value is -0.890. The van der Waals surface area contributed by atoms with Gasteiger partial charge in [0.15, 0.2) is 0 Å². The topological polar surface area (TPSA) is 33.1 Å². The van der Waals surface area contributed by atoms with Gasteiger partial charge in [-0.2, -0.15) is 0 Å². The zero-order chi connectivity index (χ0) is 8.97. The summed E-state index contributed by atoms with van der Waals surface area (Å²) in [6.45, 7) is 4.05. The molecule has 12 heavy (non-hydrogen) atoms. The van der Waals surface area contributed by atoms with Gasteiger partial charge in [0.25, 0.3) is 0 Å². The van der Waals surface area contributed by atoms with Crippen LogP contribution in [0.2, 0.25) is 0 Å². The van der Waals surface area contributed by atoms with E-state index in [9.17, 15) is 5.11 Å². The lowest BCUT2D eigenvalue weighted by Crippen LogP contribution is -2.00. The molecule has 0 aliphatic heterocycles. The Kier molecular flexibility index (Phi) is 3.23. The van der Waals surface area contributed by atoms with E-state index >= 15 is 0 Å². The molecule has 0 aromatic carbocycles. The summed E-state index contributed by atoms with van der Waals surface area (Å²) in [5, 5.41) is 9.61. The molecule has 0 radical (unpaired) electrons. The van der Waals surface area contributed by atoms with Crippen LogP contribution in [0, 0.1) is 0 Å². The molecule has 1 N–H and O–H groups in total. The van der Waals surface area contributed by atoms with E-state index in [1.165, 1.54) is 0 Å². The molecule has 0 aliphatic rings. The molecule has 0 bridgehead atoms. The number of aliphatic hydroxyl groups excluding tert-OH is 1. The first kappa shape index (κ1) is 9.20. The minimum absolute atomic E-state index is 0.331. The summed E-state index contributed by atoms with van der Waals surface area (Å²) in [4.78, 5) is 4.02. The van der Waals surface area contributed by atoms with E-state index in [2.05, 4.69) is 11.9 Å². The third-order valence-electron chi connectivity index (χ3n) is 2.07. The van der Waals surface area contributed by atoms with Gasteiger partial charge in [0.05, 0.1) is 6.10 Å². The van der Waals surface area contributed by atoms with Crippen LogP contribution in [0.4, 0.5) is 0 Å². The predicted molar refractivity (Wildman–Crippen MR) is 48.9 cm³/mol. The Labute approximate surface area is 73.3 Å². The van der Waals surface area contributed by atoms with Crippen molar-refractivity contribution in [2.24, 2.45) is 0 Å². The Morgan fingerprint density at radius 2 is 2.25 bits per heavy atom. The molecule has 2 nitrogen and oxygen atoms in total. The van der Waals surface area contributed by atoms with Crippen LogP contribution in [0.3, 0.4) is 0 Å². The van der Waals surface area contributed by atoms with Crippen molar-refractivity contribution in [1.29, 1.82) is 0 Å². The molecule has 1 rings (SSSR count). The van der Waals surface area contributed by atoms with E-state index in [-0.39, 0.29) is 6.10 Å². The van der Waals surface area contributed by atoms with Crippen molar-refractivity contribution < 1.29 is 5.11 Å². The molecule has 1 atom stereocenters. The second kappa shape index (κ2) is 4.21. The normalized spacial score (nSPS) is 12.9. The monoisotopic (exact) mass is 165 g/mol. The molecular formula is C10H15NO. The van der Waals surface area contributed by atoms with Crippen molar-refractivity contribution in [3.8, 4) is 0 Å². The van der Waals surface area contributed by atoms with E-state index < -0.39 is 0 Å². The van der Waals surface area contributed by atoms with Crippen molar-refractivity contribution >= 4 is 0 Å². The van der Waals surface area contributed by atoms with Gasteiger partial charge in [-0.15, -0.1) is 0 Å². The molecule has 1 aromatic heterocycles. The van der Waals surface area contributed by atoms with Crippen molar-refractivity contribution in [2.45, 2.75) is 32.8 Å². The minimum atomic E-state index is -0.331. The lowest BCUT2D eigenvalue weighted by atomic mass is 10.0. The Bertz CT molecular complexity index is 247. The number of nitrogens with zero attached hydrogens (tertiary/aromatic N) is 1. The van der Waals surface area contributed by atoms with Crippen LogP contribution in [-0.2, 0) is 6.42 Å². The highest BCUT2D eigenvalue weighted by molar-refractivity contribution is 5.25. The van der Waals surface area contributed by atoms with Crippen molar-refractivity contribution in [3.05, 3.63) is 29.6 Å². The third kappa shape index (κ3) is 1.83. The molecular weight excluding hydrogens is 150 g/mol. The fourth-order valence-electron chi connectivity index (χ4n) is 1.28. The van der Waals surface area contributed by atoms with Gasteiger partial charge in [-0.3, -0.25) is 4.98 Å². The summed E-state index contributed by atoms with van der Waals surface area (Å²) in [5.74, 6) is 0. The lowest BCUT2D eigenvalue weighted by Gasteiger charge is -2.11. The molecule has 0 spiro atoms. The molecule has 0 unspecified atom stereocenters. The maximum atomic E-state index is 9.61. The zero-order valence-electron chi connectivity index (χ0n) is 7.62. The summed E-state index contributed by atoms with van der Waals surface area (Å²) >= 11 is 0. The van der Waals surface area contributed by atoms with Crippen molar-refractivity contribution in [1.82, 2.24) is 4.98 Å². The highest BCUT2D eigenvalue weighted by atomic mass is 16.3. The van der Waals surface area contributed by atoms with Crippen molar-refractivity contribution in [3.63, 3.8) is 0 Å². The SMILES string of the molecule is CCc1cnccc1[C@@H](O)CC. The van der Waals surface area contributed by atoms with Gasteiger partial charge < -0.3 is 5.11 Å². The fourth-order valence-corrected chi connectivity index (χ4v) is 1.28. The van der Waals surface area contributed by atoms with Crippen LogP contribution in [0.15, 0.2) is 18.5 Å². The number of aryl methyl sites for hydroxylation is 1. The molecule has 66 valence electrons. The van der Waals surface area contributed by atoms with E-state index in [1.807, 2.05) is 19.2 Å². The second-order valence-corrected chi connectivity index (χ2v) is 2.85. The number of pyridine rings is 1. The smallest absolute Gasteiger partial charge is 0.0791 e. The van der Waals surface area contributed by atoms with E-state index in [1.54, 1.807) is 6.20 Å². The Morgan fingerprint density at radius 1 is 1.50 bits per heavy atom. The van der Waals surface area contributed by atoms with Gasteiger partial charge in [-0.25, -0.2) is 0 Å². The van der Waals surface area contributed by atoms with Gasteiger partial charge in [0, 0.05) is 12.4 Å². The quantitative estimate of drug-likeness (QED) is 0.744. The molecule has 0 saturated heterocycles. The van der Waals surface area contributed by atoms with Crippen LogP contribution in [0.5, 0.6) is 0 Å². The molecule has 0 aliphatic carbocycles. The summed E-state index contributed by atoms with van der Waals surface area (Å²) in [7, 11) is 0. The average molecular weight is 165 g/mol. The summed E-state index contributed by atoms with van der Waals surface area (Å²) in [6, 6.07) is 1.90. The average Bonchev–Trinajstić information content (AvgIpc) is 2.16. The summed E-state index contributed by atoms with van der Waals surface area (Å²) in [6.07, 6.45) is 4.92. The largest absolute Gasteiger partial charge is 0.388 e. The maximum Gasteiger partial charge on any atom is 0.0791 e. The van der Waals surface area contributed by atoms with Crippen LogP contribution in [-0.4, -0.2) is 10.1 Å². The molecule has 1 heterocycles. The van der Waals surface area contributed by atoms with Crippen LogP contribution in [0.1, 0.15) is 37.5 Å². The van der Waals surface area contributed by atoms with E-state index in [0.717, 1.165) is 24.0 Å². The number of hydrogen-bond donors (Lipinski definition) is 1. The Morgan fingerprint density at radius 3 is 2.83 bits per heavy atom. The van der Waals surface area contributed by atoms with E-state index in [4.69, 9.17) is 0 Å². The first-order valence-electron chi connectivity index (χ1n) is 4.40. The maximum absolute atomic E-state index is 9.61. The molecule has 0 amide bonds. The molecule has 0 saturated carbocycles. The van der Waals surface area contributed by atoms with Gasteiger partial charge >= 0.3 is 0 Å². The standard InChI is InChI=1S/C10H15NO/c1-3-8-7-11-6-5-9(8)10(12)4-2/h5-7,10,12H,3-4H2,1-2H3/t10-/m0/s1. The first-order valence-corrected chi connectivity index (χ1v) is 4.40. The fraction of sp³-hybridized carbons (Fsp3) is 0.500. The van der Waals surface area contributed by atoms with Crippen LogP contribution in [0.25, 0.3) is 0 Å². The first-order chi connectivity index (χ1) is 5.79. The van der Waals surface area contributed by atoms with Gasteiger partial charge in [0.2, 0.25) is 0 Å². The third-order valence-corrected chi connectivity index (χ3v) is 2.07. The summed E-state index contributed by atoms with van der Waals surface area (Å²) in [5.41, 5.74) is 2.17. The lowest BCUT2D eigenvalue weighted by molar-refractivity contribution is 0.172. The van der Waals surface area contributed by atoms with Crippen LogP contribution < -0.4 is 0 Å². The Balaban J connectivity index is 2.96. The van der Waals surface area contributed by atoms with Gasteiger partial charge in [-0.05, 0) is 30.0 Å². The van der Waals surface area contributed by atoms with Gasteiger partial charge in [0.1, 0.15) is 0 Å². The minimum Gasteiger partial charge on any atom is -0.388 e. The van der Waals surface area contributed by atoms with Gasteiger partial charge in [-0.1, -0.05) is 13.8 Å². The number of hydrogen-bond acceptors (Lipinski definition) is 2. The molecule has 2 heteroatoms.